The van der Waals surface area contributed by atoms with E-state index in [9.17, 15) is 4.79 Å². The highest BCUT2D eigenvalue weighted by atomic mass is 16.5. The average molecular weight is 201 g/mol. The number of carbonyl (C=O) groups is 1. The van der Waals surface area contributed by atoms with Gasteiger partial charge in [0.15, 0.2) is 0 Å². The maximum atomic E-state index is 10.3. The number of nitrogens with two attached hydrogens (primary N) is 1. The number of rotatable bonds is 4. The van der Waals surface area contributed by atoms with Crippen LogP contribution in [0.15, 0.2) is 0 Å². The standard InChI is InChI=1S/C9H19N3O2/c1-12-5-2-8(3-6-12)14-7-4-11-9(10)13/h8H,2-7H2,1H3,(H3,10,11,13). The molecule has 82 valence electrons. The lowest BCUT2D eigenvalue weighted by atomic mass is 10.1. The van der Waals surface area contributed by atoms with E-state index < -0.39 is 6.03 Å². The quantitative estimate of drug-likeness (QED) is 0.617. The first-order valence-corrected chi connectivity index (χ1v) is 5.02. The van der Waals surface area contributed by atoms with Crippen LogP contribution < -0.4 is 11.1 Å². The van der Waals surface area contributed by atoms with Crippen molar-refractivity contribution < 1.29 is 9.53 Å². The number of likely N-dealkylation sites (tertiary alicyclic amines) is 1. The van der Waals surface area contributed by atoms with Gasteiger partial charge in [-0.05, 0) is 19.9 Å². The normalized spacial score (nSPS) is 19.5. The van der Waals surface area contributed by atoms with Gasteiger partial charge >= 0.3 is 6.03 Å². The summed E-state index contributed by atoms with van der Waals surface area (Å²) in [7, 11) is 2.12. The second kappa shape index (κ2) is 5.82. The molecule has 1 aliphatic heterocycles. The molecule has 5 nitrogen and oxygen atoms in total. The summed E-state index contributed by atoms with van der Waals surface area (Å²) in [6, 6.07) is -0.489. The summed E-state index contributed by atoms with van der Waals surface area (Å²) < 4.78 is 5.58. The number of amides is 2. The van der Waals surface area contributed by atoms with Crippen molar-refractivity contribution in [3.63, 3.8) is 0 Å². The molecule has 0 aromatic rings. The van der Waals surface area contributed by atoms with Crippen LogP contribution in [0.5, 0.6) is 0 Å². The zero-order valence-electron chi connectivity index (χ0n) is 8.66. The fourth-order valence-electron chi connectivity index (χ4n) is 1.55. The van der Waals surface area contributed by atoms with Crippen LogP contribution in [-0.2, 0) is 4.74 Å². The Hall–Kier alpha value is -0.810. The molecule has 0 aromatic heterocycles. The lowest BCUT2D eigenvalue weighted by molar-refractivity contribution is 0.0150. The summed E-state index contributed by atoms with van der Waals surface area (Å²) in [6.45, 7) is 3.24. The van der Waals surface area contributed by atoms with E-state index in [1.807, 2.05) is 0 Å². The average Bonchev–Trinajstić information content (AvgIpc) is 2.15. The second-order valence-electron chi connectivity index (χ2n) is 3.66. The van der Waals surface area contributed by atoms with E-state index in [0.717, 1.165) is 25.9 Å². The van der Waals surface area contributed by atoms with Crippen molar-refractivity contribution >= 4 is 6.03 Å². The molecule has 3 N–H and O–H groups in total. The van der Waals surface area contributed by atoms with Gasteiger partial charge in [0.05, 0.1) is 12.7 Å². The summed E-state index contributed by atoms with van der Waals surface area (Å²) in [6.07, 6.45) is 2.50. The Bertz CT molecular complexity index is 179. The number of nitrogens with zero attached hydrogens (tertiary/aromatic N) is 1. The van der Waals surface area contributed by atoms with Crippen molar-refractivity contribution in [1.29, 1.82) is 0 Å². The molecule has 0 spiro atoms. The zero-order valence-corrected chi connectivity index (χ0v) is 8.66. The number of carbonyl (C=O) groups excluding carboxylic acids is 1. The highest BCUT2D eigenvalue weighted by Crippen LogP contribution is 2.11. The van der Waals surface area contributed by atoms with E-state index in [2.05, 4.69) is 17.3 Å². The molecule has 2 amide bonds. The molecule has 1 fully saturated rings. The Labute approximate surface area is 84.6 Å². The number of primary amides is 1. The lowest BCUT2D eigenvalue weighted by Gasteiger charge is -2.28. The largest absolute Gasteiger partial charge is 0.376 e. The van der Waals surface area contributed by atoms with Crippen LogP contribution in [0, 0.1) is 0 Å². The fourth-order valence-corrected chi connectivity index (χ4v) is 1.55. The third kappa shape index (κ3) is 4.43. The van der Waals surface area contributed by atoms with Crippen LogP contribution in [-0.4, -0.2) is 50.3 Å². The molecule has 1 rings (SSSR count). The van der Waals surface area contributed by atoms with Crippen LogP contribution in [0.4, 0.5) is 4.79 Å². The van der Waals surface area contributed by atoms with Crippen LogP contribution >= 0.6 is 0 Å². The molecule has 5 heteroatoms. The van der Waals surface area contributed by atoms with Crippen molar-refractivity contribution in [2.45, 2.75) is 18.9 Å². The number of nitrogens with one attached hydrogen (secondary N) is 1. The van der Waals surface area contributed by atoms with Gasteiger partial charge in [-0.1, -0.05) is 0 Å². The number of piperidine rings is 1. The predicted molar refractivity (Wildman–Crippen MR) is 54.1 cm³/mol. The van der Waals surface area contributed by atoms with E-state index >= 15 is 0 Å². The van der Waals surface area contributed by atoms with Crippen molar-refractivity contribution in [1.82, 2.24) is 10.2 Å². The van der Waals surface area contributed by atoms with Gasteiger partial charge in [-0.2, -0.15) is 0 Å². The minimum Gasteiger partial charge on any atom is -0.376 e. The van der Waals surface area contributed by atoms with Gasteiger partial charge in [0.2, 0.25) is 0 Å². The van der Waals surface area contributed by atoms with Gasteiger partial charge in [-0.25, -0.2) is 4.79 Å². The molecule has 0 aromatic carbocycles. The molecule has 0 unspecified atom stereocenters. The summed E-state index contributed by atoms with van der Waals surface area (Å²) in [5.41, 5.74) is 4.92. The Kier molecular flexibility index (Phi) is 4.69. The molecular weight excluding hydrogens is 182 g/mol. The lowest BCUT2D eigenvalue weighted by Crippen LogP contribution is -2.37. The fraction of sp³-hybridized carbons (Fsp3) is 0.889. The van der Waals surface area contributed by atoms with E-state index in [1.54, 1.807) is 0 Å². The highest BCUT2D eigenvalue weighted by molar-refractivity contribution is 5.71. The predicted octanol–water partition coefficient (Wildman–Crippen LogP) is -0.234. The van der Waals surface area contributed by atoms with Crippen molar-refractivity contribution in [3.8, 4) is 0 Å². The number of urea groups is 1. The zero-order chi connectivity index (χ0) is 10.4. The Balaban J connectivity index is 1.99. The summed E-state index contributed by atoms with van der Waals surface area (Å²) in [5.74, 6) is 0. The molecule has 0 atom stereocenters. The van der Waals surface area contributed by atoms with Crippen LogP contribution in [0.3, 0.4) is 0 Å². The monoisotopic (exact) mass is 201 g/mol. The molecular formula is C9H19N3O2. The van der Waals surface area contributed by atoms with Gasteiger partial charge in [-0.3, -0.25) is 0 Å². The first kappa shape index (κ1) is 11.3. The van der Waals surface area contributed by atoms with E-state index in [1.165, 1.54) is 0 Å². The van der Waals surface area contributed by atoms with Gasteiger partial charge in [0, 0.05) is 19.6 Å². The SMILES string of the molecule is CN1CCC(OCCNC(N)=O)CC1. The third-order valence-electron chi connectivity index (χ3n) is 2.42. The van der Waals surface area contributed by atoms with Gasteiger partial charge < -0.3 is 20.7 Å². The third-order valence-corrected chi connectivity index (χ3v) is 2.42. The summed E-state index contributed by atoms with van der Waals surface area (Å²) in [4.78, 5) is 12.6. The van der Waals surface area contributed by atoms with Crippen molar-refractivity contribution in [2.24, 2.45) is 5.73 Å². The molecule has 14 heavy (non-hydrogen) atoms. The number of ether oxygens (including phenoxy) is 1. The minimum absolute atomic E-state index is 0.348. The Morgan fingerprint density at radius 3 is 2.79 bits per heavy atom. The second-order valence-corrected chi connectivity index (χ2v) is 3.66. The molecule has 0 aliphatic carbocycles. The van der Waals surface area contributed by atoms with Crippen LogP contribution in [0.25, 0.3) is 0 Å². The molecule has 0 bridgehead atoms. The van der Waals surface area contributed by atoms with Crippen LogP contribution in [0.1, 0.15) is 12.8 Å². The summed E-state index contributed by atoms with van der Waals surface area (Å²) >= 11 is 0. The molecule has 1 heterocycles. The van der Waals surface area contributed by atoms with Gasteiger partial charge in [-0.15, -0.1) is 0 Å². The first-order chi connectivity index (χ1) is 6.68. The highest BCUT2D eigenvalue weighted by Gasteiger charge is 2.16. The molecule has 0 saturated carbocycles. The smallest absolute Gasteiger partial charge is 0.312 e. The number of hydrogen-bond donors (Lipinski definition) is 2. The Morgan fingerprint density at radius 2 is 2.21 bits per heavy atom. The van der Waals surface area contributed by atoms with E-state index in [4.69, 9.17) is 10.5 Å². The van der Waals surface area contributed by atoms with Crippen molar-refractivity contribution in [3.05, 3.63) is 0 Å². The van der Waals surface area contributed by atoms with Crippen molar-refractivity contribution in [2.75, 3.05) is 33.3 Å². The molecule has 1 aliphatic rings. The molecule has 0 radical (unpaired) electrons. The van der Waals surface area contributed by atoms with E-state index in [0.29, 0.717) is 19.3 Å². The maximum absolute atomic E-state index is 10.3. The number of hydrogen-bond acceptors (Lipinski definition) is 3. The first-order valence-electron chi connectivity index (χ1n) is 5.02. The maximum Gasteiger partial charge on any atom is 0.312 e. The summed E-state index contributed by atoms with van der Waals surface area (Å²) in [5, 5.41) is 2.50. The minimum atomic E-state index is -0.489. The Morgan fingerprint density at radius 1 is 1.57 bits per heavy atom. The topological polar surface area (TPSA) is 67.6 Å². The van der Waals surface area contributed by atoms with Crippen LogP contribution in [0.2, 0.25) is 0 Å². The van der Waals surface area contributed by atoms with Gasteiger partial charge in [0.25, 0.3) is 0 Å². The molecule has 1 saturated heterocycles. The van der Waals surface area contributed by atoms with Gasteiger partial charge in [0.1, 0.15) is 0 Å². The van der Waals surface area contributed by atoms with E-state index in [-0.39, 0.29) is 0 Å².